The second kappa shape index (κ2) is 3.93. The van der Waals surface area contributed by atoms with Gasteiger partial charge in [-0.2, -0.15) is 5.10 Å². The van der Waals surface area contributed by atoms with Crippen LogP contribution in [0.15, 0.2) is 24.5 Å². The smallest absolute Gasteiger partial charge is 0.182 e. The van der Waals surface area contributed by atoms with Crippen molar-refractivity contribution in [2.24, 2.45) is 7.05 Å². The molecule has 2 heterocycles. The van der Waals surface area contributed by atoms with Gasteiger partial charge in [-0.05, 0) is 18.3 Å². The third-order valence-corrected chi connectivity index (χ3v) is 3.25. The maximum absolute atomic E-state index is 13.4. The predicted molar refractivity (Wildman–Crippen MR) is 70.2 cm³/mol. The minimum atomic E-state index is -0.473. The molecule has 1 N–H and O–H groups in total. The van der Waals surface area contributed by atoms with Crippen LogP contribution in [0.2, 0.25) is 5.02 Å². The molecule has 0 aliphatic rings. The molecule has 0 saturated heterocycles. The Morgan fingerprint density at radius 2 is 2.22 bits per heavy atom. The first-order chi connectivity index (χ1) is 8.56. The summed E-state index contributed by atoms with van der Waals surface area (Å²) in [5.41, 5.74) is 2.13. The molecule has 7 heteroatoms. The van der Waals surface area contributed by atoms with Crippen LogP contribution in [-0.4, -0.2) is 19.3 Å². The van der Waals surface area contributed by atoms with Crippen LogP contribution in [-0.2, 0) is 7.05 Å². The Balaban J connectivity index is 2.38. The van der Waals surface area contributed by atoms with Crippen LogP contribution in [0.5, 0.6) is 0 Å². The molecule has 1 aromatic carbocycles. The third kappa shape index (κ3) is 1.65. The molecule has 0 aliphatic carbocycles. The average molecular weight is 283 g/mol. The Hall–Kier alpha value is -1.66. The van der Waals surface area contributed by atoms with Crippen molar-refractivity contribution >= 4 is 34.9 Å². The maximum atomic E-state index is 13.4. The van der Waals surface area contributed by atoms with E-state index < -0.39 is 5.82 Å². The van der Waals surface area contributed by atoms with Crippen molar-refractivity contribution in [1.82, 2.24) is 19.3 Å². The number of imidazole rings is 1. The monoisotopic (exact) mass is 282 g/mol. The molecular formula is C11H8ClFN4S. The van der Waals surface area contributed by atoms with E-state index in [1.807, 2.05) is 13.2 Å². The number of halogens is 2. The number of hydrogen-bond acceptors (Lipinski definition) is 2. The summed E-state index contributed by atoms with van der Waals surface area (Å²) in [6.07, 6.45) is 3.50. The normalized spacial score (nSPS) is 11.3. The highest BCUT2D eigenvalue weighted by atomic mass is 35.5. The number of fused-ring (bicyclic) bond motifs is 1. The van der Waals surface area contributed by atoms with E-state index in [0.29, 0.717) is 10.3 Å². The molecule has 3 rings (SSSR count). The molecule has 0 unspecified atom stereocenters. The van der Waals surface area contributed by atoms with Crippen LogP contribution in [0.3, 0.4) is 0 Å². The number of nitrogens with zero attached hydrogens (tertiary/aromatic N) is 3. The lowest BCUT2D eigenvalue weighted by molar-refractivity contribution is 0.630. The van der Waals surface area contributed by atoms with Gasteiger partial charge >= 0.3 is 0 Å². The molecule has 0 amide bonds. The van der Waals surface area contributed by atoms with Gasteiger partial charge in [0.1, 0.15) is 5.82 Å². The molecule has 0 fully saturated rings. The zero-order valence-electron chi connectivity index (χ0n) is 9.32. The Kier molecular flexibility index (Phi) is 2.49. The van der Waals surface area contributed by atoms with Gasteiger partial charge in [-0.3, -0.25) is 9.25 Å². The van der Waals surface area contributed by atoms with Crippen molar-refractivity contribution in [3.05, 3.63) is 40.1 Å². The van der Waals surface area contributed by atoms with Crippen molar-refractivity contribution in [2.45, 2.75) is 0 Å². The van der Waals surface area contributed by atoms with Gasteiger partial charge < -0.3 is 4.98 Å². The SMILES string of the molecule is Cn1cc(-n2c(=S)[nH]c3cc(F)c(Cl)cc32)cn1. The third-order valence-electron chi connectivity index (χ3n) is 2.67. The van der Waals surface area contributed by atoms with Crippen LogP contribution < -0.4 is 0 Å². The molecule has 0 radical (unpaired) electrons. The summed E-state index contributed by atoms with van der Waals surface area (Å²) < 4.78 is 17.3. The first-order valence-corrected chi connectivity index (χ1v) is 5.93. The van der Waals surface area contributed by atoms with Crippen molar-refractivity contribution in [1.29, 1.82) is 0 Å². The van der Waals surface area contributed by atoms with Gasteiger partial charge in [-0.15, -0.1) is 0 Å². The molecule has 4 nitrogen and oxygen atoms in total. The number of aromatic amines is 1. The summed E-state index contributed by atoms with van der Waals surface area (Å²) in [5.74, 6) is -0.473. The lowest BCUT2D eigenvalue weighted by Crippen LogP contribution is -1.92. The van der Waals surface area contributed by atoms with Crippen molar-refractivity contribution in [2.75, 3.05) is 0 Å². The number of aromatic nitrogens is 4. The highest BCUT2D eigenvalue weighted by Crippen LogP contribution is 2.25. The second-order valence-corrected chi connectivity index (χ2v) is 4.72. The average Bonchev–Trinajstić information content (AvgIpc) is 2.83. The van der Waals surface area contributed by atoms with Crippen LogP contribution >= 0.6 is 23.8 Å². The fraction of sp³-hybridized carbons (Fsp3) is 0.0909. The number of aryl methyl sites for hydroxylation is 1. The number of H-pyrrole nitrogens is 1. The molecule has 0 spiro atoms. The largest absolute Gasteiger partial charge is 0.330 e. The summed E-state index contributed by atoms with van der Waals surface area (Å²) >= 11 is 11.0. The highest BCUT2D eigenvalue weighted by Gasteiger charge is 2.11. The van der Waals surface area contributed by atoms with E-state index >= 15 is 0 Å². The summed E-state index contributed by atoms with van der Waals surface area (Å²) in [4.78, 5) is 2.94. The fourth-order valence-corrected chi connectivity index (χ4v) is 2.35. The topological polar surface area (TPSA) is 38.5 Å². The summed E-state index contributed by atoms with van der Waals surface area (Å²) in [6.45, 7) is 0. The summed E-state index contributed by atoms with van der Waals surface area (Å²) in [5, 5.41) is 4.15. The van der Waals surface area contributed by atoms with Gasteiger partial charge in [0, 0.05) is 19.3 Å². The van der Waals surface area contributed by atoms with E-state index in [-0.39, 0.29) is 5.02 Å². The fourth-order valence-electron chi connectivity index (χ4n) is 1.88. The van der Waals surface area contributed by atoms with E-state index in [1.54, 1.807) is 21.5 Å². The molecule has 0 saturated carbocycles. The van der Waals surface area contributed by atoms with Gasteiger partial charge in [0.15, 0.2) is 4.77 Å². The Labute approximate surface area is 112 Å². The van der Waals surface area contributed by atoms with E-state index in [2.05, 4.69) is 10.1 Å². The Bertz CT molecular complexity index is 801. The van der Waals surface area contributed by atoms with Crippen molar-refractivity contribution < 1.29 is 4.39 Å². The molecule has 0 atom stereocenters. The van der Waals surface area contributed by atoms with Crippen LogP contribution in [0.4, 0.5) is 4.39 Å². The first-order valence-electron chi connectivity index (χ1n) is 5.15. The van der Waals surface area contributed by atoms with Crippen LogP contribution in [0.25, 0.3) is 16.7 Å². The van der Waals surface area contributed by atoms with Crippen molar-refractivity contribution in [3.63, 3.8) is 0 Å². The van der Waals surface area contributed by atoms with Gasteiger partial charge in [0.05, 0.1) is 27.9 Å². The zero-order chi connectivity index (χ0) is 12.9. The molecule has 18 heavy (non-hydrogen) atoms. The minimum Gasteiger partial charge on any atom is -0.330 e. The van der Waals surface area contributed by atoms with Gasteiger partial charge in [0.25, 0.3) is 0 Å². The maximum Gasteiger partial charge on any atom is 0.182 e. The van der Waals surface area contributed by atoms with E-state index in [1.165, 1.54) is 6.07 Å². The van der Waals surface area contributed by atoms with Crippen molar-refractivity contribution in [3.8, 4) is 5.69 Å². The number of benzene rings is 1. The van der Waals surface area contributed by atoms with E-state index in [9.17, 15) is 4.39 Å². The second-order valence-electron chi connectivity index (χ2n) is 3.92. The molecule has 2 aromatic heterocycles. The van der Waals surface area contributed by atoms with Gasteiger partial charge in [-0.25, -0.2) is 4.39 Å². The lowest BCUT2D eigenvalue weighted by Gasteiger charge is -2.01. The van der Waals surface area contributed by atoms with E-state index in [0.717, 1.165) is 11.2 Å². The Morgan fingerprint density at radius 1 is 1.44 bits per heavy atom. The van der Waals surface area contributed by atoms with Gasteiger partial charge in [-0.1, -0.05) is 11.6 Å². The van der Waals surface area contributed by atoms with Gasteiger partial charge in [0.2, 0.25) is 0 Å². The lowest BCUT2D eigenvalue weighted by atomic mass is 10.3. The summed E-state index contributed by atoms with van der Waals surface area (Å²) in [7, 11) is 1.81. The number of hydrogen-bond donors (Lipinski definition) is 1. The standard InChI is InChI=1S/C11H8ClFN4S/c1-16-5-6(4-14-16)17-10-2-7(12)8(13)3-9(10)15-11(17)18/h2-5H,1H3,(H,15,18). The number of nitrogens with one attached hydrogen (secondary N) is 1. The first kappa shape index (κ1) is 11.4. The molecule has 0 aliphatic heterocycles. The predicted octanol–water partition coefficient (Wildman–Crippen LogP) is 3.21. The molecular weight excluding hydrogens is 275 g/mol. The molecule has 0 bridgehead atoms. The highest BCUT2D eigenvalue weighted by molar-refractivity contribution is 7.71. The van der Waals surface area contributed by atoms with E-state index in [4.69, 9.17) is 23.8 Å². The molecule has 3 aromatic rings. The van der Waals surface area contributed by atoms with Crippen LogP contribution in [0.1, 0.15) is 0 Å². The number of rotatable bonds is 1. The Morgan fingerprint density at radius 3 is 2.89 bits per heavy atom. The molecule has 92 valence electrons. The zero-order valence-corrected chi connectivity index (χ0v) is 10.9. The summed E-state index contributed by atoms with van der Waals surface area (Å²) in [6, 6.07) is 2.88. The van der Waals surface area contributed by atoms with Crippen LogP contribution in [0, 0.1) is 10.6 Å². The quantitative estimate of drug-likeness (QED) is 0.696. The minimum absolute atomic E-state index is 0.0640.